The Bertz CT molecular complexity index is 400. The van der Waals surface area contributed by atoms with E-state index in [1.54, 1.807) is 0 Å². The van der Waals surface area contributed by atoms with Crippen LogP contribution in [0, 0.1) is 26.7 Å². The molecular weight excluding hydrogens is 220 g/mol. The zero-order chi connectivity index (χ0) is 13.1. The van der Waals surface area contributed by atoms with Crippen LogP contribution in [0.4, 0.5) is 0 Å². The van der Waals surface area contributed by atoms with Crippen molar-refractivity contribution in [1.82, 2.24) is 0 Å². The van der Waals surface area contributed by atoms with Crippen LogP contribution in [0.1, 0.15) is 66.9 Å². The van der Waals surface area contributed by atoms with E-state index in [9.17, 15) is 5.11 Å². The lowest BCUT2D eigenvalue weighted by atomic mass is 9.86. The van der Waals surface area contributed by atoms with E-state index in [2.05, 4.69) is 32.9 Å². The second kappa shape index (κ2) is 5.88. The zero-order valence-corrected chi connectivity index (χ0v) is 12.0. The monoisotopic (exact) mass is 246 g/mol. The summed E-state index contributed by atoms with van der Waals surface area (Å²) in [5.74, 6) is 0.466. The summed E-state index contributed by atoms with van der Waals surface area (Å²) in [4.78, 5) is 0. The molecule has 0 aromatic heterocycles. The summed E-state index contributed by atoms with van der Waals surface area (Å²) < 4.78 is 0. The summed E-state index contributed by atoms with van der Waals surface area (Å²) in [6, 6.07) is 4.41. The van der Waals surface area contributed by atoms with Crippen LogP contribution in [-0.2, 0) is 0 Å². The van der Waals surface area contributed by atoms with E-state index >= 15 is 0 Å². The van der Waals surface area contributed by atoms with Crippen molar-refractivity contribution in [2.45, 2.75) is 65.4 Å². The lowest BCUT2D eigenvalue weighted by molar-refractivity contribution is 0.0981. The van der Waals surface area contributed by atoms with Gasteiger partial charge in [0, 0.05) is 0 Å². The van der Waals surface area contributed by atoms with E-state index in [0.717, 1.165) is 5.56 Å². The largest absolute Gasteiger partial charge is 0.388 e. The second-order valence-electron chi connectivity index (χ2n) is 5.99. The third-order valence-electron chi connectivity index (χ3n) is 4.55. The summed E-state index contributed by atoms with van der Waals surface area (Å²) in [6.07, 6.45) is 7.37. The van der Waals surface area contributed by atoms with Crippen molar-refractivity contribution in [2.75, 3.05) is 0 Å². The summed E-state index contributed by atoms with van der Waals surface area (Å²) in [6.45, 7) is 6.41. The van der Waals surface area contributed by atoms with Gasteiger partial charge in [-0.05, 0) is 61.8 Å². The molecule has 0 aliphatic heterocycles. The average Bonchev–Trinajstić information content (AvgIpc) is 2.61. The van der Waals surface area contributed by atoms with Crippen molar-refractivity contribution in [3.63, 3.8) is 0 Å². The van der Waals surface area contributed by atoms with Gasteiger partial charge in [0.1, 0.15) is 0 Å². The van der Waals surface area contributed by atoms with E-state index < -0.39 is 0 Å². The summed E-state index contributed by atoms with van der Waals surface area (Å²) in [5, 5.41) is 10.7. The Labute approximate surface area is 111 Å². The molecule has 0 amide bonds. The number of rotatable bonds is 2. The highest BCUT2D eigenvalue weighted by molar-refractivity contribution is 5.37. The predicted molar refractivity (Wildman–Crippen MR) is 76.8 cm³/mol. The first kappa shape index (κ1) is 13.6. The van der Waals surface area contributed by atoms with Crippen LogP contribution in [0.15, 0.2) is 12.1 Å². The molecule has 1 atom stereocenters. The van der Waals surface area contributed by atoms with Crippen LogP contribution < -0.4 is 0 Å². The molecule has 0 saturated heterocycles. The molecule has 1 N–H and O–H groups in total. The van der Waals surface area contributed by atoms with Crippen LogP contribution in [0.5, 0.6) is 0 Å². The molecular formula is C17H26O. The molecule has 2 rings (SSSR count). The van der Waals surface area contributed by atoms with Crippen LogP contribution in [-0.4, -0.2) is 5.11 Å². The first-order chi connectivity index (χ1) is 8.59. The molecule has 1 aliphatic carbocycles. The Morgan fingerprint density at radius 2 is 1.44 bits per heavy atom. The Balaban J connectivity index is 2.21. The first-order valence-electron chi connectivity index (χ1n) is 7.35. The molecule has 1 aromatic rings. The molecule has 1 heteroatoms. The minimum Gasteiger partial charge on any atom is -0.388 e. The highest BCUT2D eigenvalue weighted by Gasteiger charge is 2.23. The normalized spacial score (nSPS) is 19.6. The van der Waals surface area contributed by atoms with Crippen molar-refractivity contribution in [3.05, 3.63) is 34.4 Å². The van der Waals surface area contributed by atoms with Gasteiger partial charge >= 0.3 is 0 Å². The molecule has 0 heterocycles. The van der Waals surface area contributed by atoms with Gasteiger partial charge in [-0.25, -0.2) is 0 Å². The number of aryl methyl sites for hydroxylation is 3. The van der Waals surface area contributed by atoms with Gasteiger partial charge in [0.2, 0.25) is 0 Å². The van der Waals surface area contributed by atoms with Gasteiger partial charge < -0.3 is 5.11 Å². The smallest absolute Gasteiger partial charge is 0.0820 e. The molecule has 100 valence electrons. The van der Waals surface area contributed by atoms with Crippen LogP contribution in [0.3, 0.4) is 0 Å². The predicted octanol–water partition coefficient (Wildman–Crippen LogP) is 4.62. The highest BCUT2D eigenvalue weighted by atomic mass is 16.3. The van der Waals surface area contributed by atoms with Crippen molar-refractivity contribution >= 4 is 0 Å². The van der Waals surface area contributed by atoms with E-state index in [0.29, 0.717) is 5.92 Å². The van der Waals surface area contributed by atoms with Crippen LogP contribution in [0.25, 0.3) is 0 Å². The van der Waals surface area contributed by atoms with E-state index in [4.69, 9.17) is 0 Å². The summed E-state index contributed by atoms with van der Waals surface area (Å²) in [5.41, 5.74) is 5.02. The molecule has 1 nitrogen and oxygen atoms in total. The number of hydrogen-bond acceptors (Lipinski definition) is 1. The average molecular weight is 246 g/mol. The Morgan fingerprint density at radius 3 is 2.06 bits per heavy atom. The van der Waals surface area contributed by atoms with Crippen LogP contribution >= 0.6 is 0 Å². The fourth-order valence-corrected chi connectivity index (χ4v) is 3.18. The third kappa shape index (κ3) is 2.95. The molecule has 1 fully saturated rings. The van der Waals surface area contributed by atoms with E-state index in [1.165, 1.54) is 55.2 Å². The minimum atomic E-state index is -0.262. The Morgan fingerprint density at radius 1 is 0.889 bits per heavy atom. The Hall–Kier alpha value is -0.820. The molecule has 1 aromatic carbocycles. The summed E-state index contributed by atoms with van der Waals surface area (Å²) >= 11 is 0. The quantitative estimate of drug-likeness (QED) is 0.755. The van der Waals surface area contributed by atoms with Gasteiger partial charge in [-0.2, -0.15) is 0 Å². The molecule has 0 radical (unpaired) electrons. The standard InChI is InChI=1S/C17H26O/c1-12-10-14(3)16(11-13(12)2)17(18)15-8-6-4-5-7-9-15/h10-11,15,17-18H,4-9H2,1-3H3. The van der Waals surface area contributed by atoms with Crippen LogP contribution in [0.2, 0.25) is 0 Å². The fraction of sp³-hybridized carbons (Fsp3) is 0.647. The summed E-state index contributed by atoms with van der Waals surface area (Å²) in [7, 11) is 0. The van der Waals surface area contributed by atoms with Gasteiger partial charge in [-0.3, -0.25) is 0 Å². The number of aliphatic hydroxyl groups excluding tert-OH is 1. The van der Waals surface area contributed by atoms with Gasteiger partial charge in [0.15, 0.2) is 0 Å². The number of hydrogen-bond donors (Lipinski definition) is 1. The molecule has 18 heavy (non-hydrogen) atoms. The van der Waals surface area contributed by atoms with E-state index in [-0.39, 0.29) is 6.10 Å². The maximum absolute atomic E-state index is 10.7. The zero-order valence-electron chi connectivity index (χ0n) is 12.0. The molecule has 1 aliphatic rings. The lowest BCUT2D eigenvalue weighted by Gasteiger charge is -2.24. The fourth-order valence-electron chi connectivity index (χ4n) is 3.18. The van der Waals surface area contributed by atoms with Crippen molar-refractivity contribution in [3.8, 4) is 0 Å². The minimum absolute atomic E-state index is 0.262. The highest BCUT2D eigenvalue weighted by Crippen LogP contribution is 2.35. The van der Waals surface area contributed by atoms with Gasteiger partial charge in [0.05, 0.1) is 6.10 Å². The van der Waals surface area contributed by atoms with Crippen molar-refractivity contribution < 1.29 is 5.11 Å². The van der Waals surface area contributed by atoms with Crippen molar-refractivity contribution in [1.29, 1.82) is 0 Å². The maximum Gasteiger partial charge on any atom is 0.0820 e. The topological polar surface area (TPSA) is 20.2 Å². The number of aliphatic hydroxyl groups is 1. The number of benzene rings is 1. The lowest BCUT2D eigenvalue weighted by Crippen LogP contribution is -2.13. The van der Waals surface area contributed by atoms with Gasteiger partial charge in [-0.1, -0.05) is 37.8 Å². The maximum atomic E-state index is 10.7. The molecule has 1 saturated carbocycles. The SMILES string of the molecule is Cc1cc(C)c(C(O)C2CCCCCC2)cc1C. The molecule has 0 spiro atoms. The Kier molecular flexibility index (Phi) is 4.45. The van der Waals surface area contributed by atoms with Gasteiger partial charge in [0.25, 0.3) is 0 Å². The van der Waals surface area contributed by atoms with Gasteiger partial charge in [-0.15, -0.1) is 0 Å². The first-order valence-corrected chi connectivity index (χ1v) is 7.35. The second-order valence-corrected chi connectivity index (χ2v) is 5.99. The van der Waals surface area contributed by atoms with Crippen molar-refractivity contribution in [2.24, 2.45) is 5.92 Å². The van der Waals surface area contributed by atoms with E-state index in [1.807, 2.05) is 0 Å². The third-order valence-corrected chi connectivity index (χ3v) is 4.55. The molecule has 0 bridgehead atoms. The molecule has 1 unspecified atom stereocenters.